The number of methoxy groups -OCH3 is 4. The smallest absolute Gasteiger partial charge is 0.205 e. The quantitative estimate of drug-likeness (QED) is 0.404. The predicted molar refractivity (Wildman–Crippen MR) is 126 cm³/mol. The summed E-state index contributed by atoms with van der Waals surface area (Å²) >= 11 is 1.25. The van der Waals surface area contributed by atoms with Gasteiger partial charge in [0, 0.05) is 16.5 Å². The van der Waals surface area contributed by atoms with Gasteiger partial charge in [-0.05, 0) is 36.4 Å². The van der Waals surface area contributed by atoms with Gasteiger partial charge in [-0.15, -0.1) is 11.3 Å². The van der Waals surface area contributed by atoms with Gasteiger partial charge in [-0.2, -0.15) is 0 Å². The average molecular weight is 451 g/mol. The number of fused-ring (bicyclic) bond motifs is 1. The third-order valence-electron chi connectivity index (χ3n) is 5.11. The number of nitrogen functional groups attached to an aromatic ring is 1. The van der Waals surface area contributed by atoms with Crippen LogP contribution in [0.15, 0.2) is 48.5 Å². The molecule has 0 aliphatic carbocycles. The summed E-state index contributed by atoms with van der Waals surface area (Å²) in [5.41, 5.74) is 8.73. The highest BCUT2D eigenvalue weighted by Gasteiger charge is 2.23. The topological polar surface area (TPSA) is 92.9 Å². The minimum absolute atomic E-state index is 0.247. The van der Waals surface area contributed by atoms with Crippen molar-refractivity contribution in [2.24, 2.45) is 0 Å². The summed E-state index contributed by atoms with van der Waals surface area (Å²) in [4.78, 5) is 19.2. The summed E-state index contributed by atoms with van der Waals surface area (Å²) in [7, 11) is 6.14. The highest BCUT2D eigenvalue weighted by molar-refractivity contribution is 7.21. The summed E-state index contributed by atoms with van der Waals surface area (Å²) in [6, 6.07) is 14.6. The molecule has 0 aliphatic heterocycles. The number of pyridine rings is 1. The predicted octanol–water partition coefficient (Wildman–Crippen LogP) is 4.81. The van der Waals surface area contributed by atoms with E-state index in [4.69, 9.17) is 29.7 Å². The van der Waals surface area contributed by atoms with Gasteiger partial charge < -0.3 is 24.7 Å². The molecule has 0 atom stereocenters. The Labute approximate surface area is 189 Å². The lowest BCUT2D eigenvalue weighted by atomic mass is 10.1. The first-order chi connectivity index (χ1) is 15.5. The van der Waals surface area contributed by atoms with Crippen LogP contribution in [0.5, 0.6) is 23.0 Å². The third kappa shape index (κ3) is 3.58. The number of para-hydroxylation sites is 1. The normalized spacial score (nSPS) is 10.8. The molecule has 0 bridgehead atoms. The Morgan fingerprint density at radius 3 is 2.16 bits per heavy atom. The van der Waals surface area contributed by atoms with Crippen molar-refractivity contribution in [3.63, 3.8) is 0 Å². The standard InChI is InChI=1S/C24H22N2O5S/c1-28-17-8-6-5-7-14(17)16-10-9-15-20(25)23(32-24(15)26-16)21(27)13-11-18(29-2)22(31-4)19(12-13)30-3/h5-12H,25H2,1-4H3. The number of nitrogens with zero attached hydrogens (tertiary/aromatic N) is 1. The summed E-state index contributed by atoms with van der Waals surface area (Å²) in [6.07, 6.45) is 0. The van der Waals surface area contributed by atoms with Crippen molar-refractivity contribution in [2.45, 2.75) is 0 Å². The van der Waals surface area contributed by atoms with Gasteiger partial charge in [-0.25, -0.2) is 4.98 Å². The van der Waals surface area contributed by atoms with Crippen LogP contribution in [0.4, 0.5) is 5.69 Å². The number of ketones is 1. The molecule has 0 radical (unpaired) electrons. The molecular formula is C24H22N2O5S. The third-order valence-corrected chi connectivity index (χ3v) is 6.22. The van der Waals surface area contributed by atoms with Crippen molar-refractivity contribution in [2.75, 3.05) is 34.2 Å². The molecule has 164 valence electrons. The maximum Gasteiger partial charge on any atom is 0.205 e. The average Bonchev–Trinajstić information content (AvgIpc) is 3.17. The molecule has 0 unspecified atom stereocenters. The number of hydrogen-bond donors (Lipinski definition) is 1. The van der Waals surface area contributed by atoms with Crippen LogP contribution >= 0.6 is 11.3 Å². The molecule has 8 heteroatoms. The Balaban J connectivity index is 1.80. The number of hydrogen-bond acceptors (Lipinski definition) is 8. The molecule has 4 aromatic rings. The van der Waals surface area contributed by atoms with E-state index in [0.29, 0.717) is 38.2 Å². The first-order valence-corrected chi connectivity index (χ1v) is 10.5. The SMILES string of the molecule is COc1ccccc1-c1ccc2c(N)c(C(=O)c3cc(OC)c(OC)c(OC)c3)sc2n1. The van der Waals surface area contributed by atoms with Crippen molar-refractivity contribution in [3.05, 3.63) is 59.0 Å². The highest BCUT2D eigenvalue weighted by atomic mass is 32.1. The molecule has 4 rings (SSSR count). The largest absolute Gasteiger partial charge is 0.496 e. The van der Waals surface area contributed by atoms with Crippen LogP contribution in [-0.2, 0) is 0 Å². The van der Waals surface area contributed by atoms with Gasteiger partial charge in [0.2, 0.25) is 11.5 Å². The number of nitrogens with two attached hydrogens (primary N) is 1. The van der Waals surface area contributed by atoms with Gasteiger partial charge in [-0.3, -0.25) is 4.79 Å². The Morgan fingerprint density at radius 1 is 0.875 bits per heavy atom. The van der Waals surface area contributed by atoms with Crippen LogP contribution < -0.4 is 24.7 Å². The number of ether oxygens (including phenoxy) is 4. The van der Waals surface area contributed by atoms with Crippen molar-refractivity contribution >= 4 is 33.0 Å². The summed E-state index contributed by atoms with van der Waals surface area (Å²) < 4.78 is 21.5. The number of thiophene rings is 1. The molecule has 2 N–H and O–H groups in total. The first kappa shape index (κ1) is 21.5. The Hall–Kier alpha value is -3.78. The van der Waals surface area contributed by atoms with Crippen LogP contribution in [0.2, 0.25) is 0 Å². The lowest BCUT2D eigenvalue weighted by molar-refractivity contribution is 0.104. The maximum absolute atomic E-state index is 13.4. The van der Waals surface area contributed by atoms with Crippen molar-refractivity contribution in [1.29, 1.82) is 0 Å². The number of carbonyl (C=O) groups is 1. The van der Waals surface area contributed by atoms with Crippen molar-refractivity contribution in [1.82, 2.24) is 4.98 Å². The van der Waals surface area contributed by atoms with Crippen LogP contribution in [0.25, 0.3) is 21.5 Å². The van der Waals surface area contributed by atoms with Crippen molar-refractivity contribution in [3.8, 4) is 34.3 Å². The maximum atomic E-state index is 13.4. The van der Waals surface area contributed by atoms with Crippen molar-refractivity contribution < 1.29 is 23.7 Å². The van der Waals surface area contributed by atoms with E-state index in [0.717, 1.165) is 22.4 Å². The molecule has 0 amide bonds. The number of aromatic nitrogens is 1. The number of carbonyl (C=O) groups excluding carboxylic acids is 1. The van der Waals surface area contributed by atoms with Gasteiger partial charge in [0.05, 0.1) is 39.8 Å². The van der Waals surface area contributed by atoms with Crippen LogP contribution in [0.3, 0.4) is 0 Å². The van der Waals surface area contributed by atoms with E-state index < -0.39 is 0 Å². The summed E-state index contributed by atoms with van der Waals surface area (Å²) in [6.45, 7) is 0. The van der Waals surface area contributed by atoms with E-state index in [1.54, 1.807) is 19.2 Å². The second-order valence-corrected chi connectivity index (χ2v) is 7.84. The molecule has 2 aromatic carbocycles. The number of anilines is 1. The highest BCUT2D eigenvalue weighted by Crippen LogP contribution is 2.41. The number of rotatable bonds is 7. The molecule has 2 heterocycles. The monoisotopic (exact) mass is 450 g/mol. The Bertz CT molecular complexity index is 1290. The second kappa shape index (κ2) is 8.76. The fourth-order valence-corrected chi connectivity index (χ4v) is 4.57. The molecule has 0 saturated carbocycles. The van der Waals surface area contributed by atoms with E-state index >= 15 is 0 Å². The van der Waals surface area contributed by atoms with Crippen LogP contribution in [0.1, 0.15) is 15.2 Å². The fraction of sp³-hybridized carbons (Fsp3) is 0.167. The zero-order valence-corrected chi connectivity index (χ0v) is 18.9. The van der Waals surface area contributed by atoms with E-state index in [1.165, 1.54) is 32.7 Å². The van der Waals surface area contributed by atoms with Gasteiger partial charge >= 0.3 is 0 Å². The van der Waals surface area contributed by atoms with E-state index in [-0.39, 0.29) is 5.78 Å². The zero-order chi connectivity index (χ0) is 22.8. The summed E-state index contributed by atoms with van der Waals surface area (Å²) in [5, 5.41) is 0.726. The molecular weight excluding hydrogens is 428 g/mol. The van der Waals surface area contributed by atoms with Gasteiger partial charge in [-0.1, -0.05) is 12.1 Å². The first-order valence-electron chi connectivity index (χ1n) is 9.69. The van der Waals surface area contributed by atoms with Gasteiger partial charge in [0.25, 0.3) is 0 Å². The Kier molecular flexibility index (Phi) is 5.87. The zero-order valence-electron chi connectivity index (χ0n) is 18.1. The molecule has 0 fully saturated rings. The fourth-order valence-electron chi connectivity index (χ4n) is 3.52. The second-order valence-electron chi connectivity index (χ2n) is 6.84. The minimum atomic E-state index is -0.247. The molecule has 0 spiro atoms. The molecule has 7 nitrogen and oxygen atoms in total. The van der Waals surface area contributed by atoms with E-state index in [1.807, 2.05) is 36.4 Å². The molecule has 0 saturated heterocycles. The minimum Gasteiger partial charge on any atom is -0.496 e. The molecule has 0 aliphatic rings. The van der Waals surface area contributed by atoms with Gasteiger partial charge in [0.15, 0.2) is 11.5 Å². The number of benzene rings is 2. The van der Waals surface area contributed by atoms with E-state index in [2.05, 4.69) is 0 Å². The lowest BCUT2D eigenvalue weighted by Crippen LogP contribution is -2.04. The molecule has 2 aromatic heterocycles. The van der Waals surface area contributed by atoms with Crippen LogP contribution in [-0.4, -0.2) is 39.2 Å². The van der Waals surface area contributed by atoms with Gasteiger partial charge in [0.1, 0.15) is 15.5 Å². The Morgan fingerprint density at radius 2 is 1.53 bits per heavy atom. The van der Waals surface area contributed by atoms with E-state index in [9.17, 15) is 4.79 Å². The van der Waals surface area contributed by atoms with Crippen LogP contribution in [0, 0.1) is 0 Å². The molecule has 32 heavy (non-hydrogen) atoms. The lowest BCUT2D eigenvalue weighted by Gasteiger charge is -2.13. The summed E-state index contributed by atoms with van der Waals surface area (Å²) in [5.74, 6) is 1.68.